The molecule has 1 unspecified atom stereocenters. The standard InChI is InChI=1S/C20H20BrN3O3S/c21-15-4-1-3-14(11-15)19(26)24-20(28)23-16-8-6-13(7-9-16)18(25)22-12-17-5-2-10-27-17/h1,3-4,6-9,11,17H,2,5,10,12H2,(H,22,25)(H2,23,24,26,28). The molecule has 28 heavy (non-hydrogen) atoms. The van der Waals surface area contributed by atoms with Crippen LogP contribution in [0.2, 0.25) is 0 Å². The molecule has 1 atom stereocenters. The lowest BCUT2D eigenvalue weighted by Crippen LogP contribution is -2.34. The highest BCUT2D eigenvalue weighted by Gasteiger charge is 2.16. The third-order valence-corrected chi connectivity index (χ3v) is 4.93. The molecule has 0 aliphatic carbocycles. The molecule has 1 aliphatic rings. The first-order valence-electron chi connectivity index (χ1n) is 8.89. The summed E-state index contributed by atoms with van der Waals surface area (Å²) in [5, 5.41) is 8.62. The average Bonchev–Trinajstić information content (AvgIpc) is 3.20. The van der Waals surface area contributed by atoms with Crippen LogP contribution in [0.3, 0.4) is 0 Å². The SMILES string of the molecule is O=C(NCC1CCCO1)c1ccc(NC(=S)NC(=O)c2cccc(Br)c2)cc1. The van der Waals surface area contributed by atoms with Crippen molar-refractivity contribution in [2.24, 2.45) is 0 Å². The molecule has 0 aromatic heterocycles. The third kappa shape index (κ3) is 5.85. The molecular weight excluding hydrogens is 442 g/mol. The molecule has 2 aromatic carbocycles. The van der Waals surface area contributed by atoms with Gasteiger partial charge in [0.15, 0.2) is 5.11 Å². The summed E-state index contributed by atoms with van der Waals surface area (Å²) in [4.78, 5) is 24.4. The smallest absolute Gasteiger partial charge is 0.257 e. The largest absolute Gasteiger partial charge is 0.376 e. The van der Waals surface area contributed by atoms with Gasteiger partial charge in [0.25, 0.3) is 11.8 Å². The van der Waals surface area contributed by atoms with Crippen LogP contribution >= 0.6 is 28.1 Å². The van der Waals surface area contributed by atoms with Gasteiger partial charge in [0.1, 0.15) is 0 Å². The zero-order chi connectivity index (χ0) is 19.9. The van der Waals surface area contributed by atoms with Gasteiger partial charge in [0.05, 0.1) is 6.10 Å². The number of benzene rings is 2. The van der Waals surface area contributed by atoms with E-state index in [9.17, 15) is 9.59 Å². The molecule has 3 N–H and O–H groups in total. The van der Waals surface area contributed by atoms with Gasteiger partial charge in [-0.2, -0.15) is 0 Å². The highest BCUT2D eigenvalue weighted by molar-refractivity contribution is 9.10. The minimum absolute atomic E-state index is 0.108. The monoisotopic (exact) mass is 461 g/mol. The molecule has 0 bridgehead atoms. The fourth-order valence-corrected chi connectivity index (χ4v) is 3.40. The Morgan fingerprint density at radius 3 is 2.57 bits per heavy atom. The van der Waals surface area contributed by atoms with Crippen molar-refractivity contribution in [3.63, 3.8) is 0 Å². The molecule has 1 aliphatic heterocycles. The van der Waals surface area contributed by atoms with Crippen molar-refractivity contribution < 1.29 is 14.3 Å². The molecule has 0 spiro atoms. The van der Waals surface area contributed by atoms with Crippen LogP contribution in [0.4, 0.5) is 5.69 Å². The number of carbonyl (C=O) groups is 2. The number of rotatable bonds is 5. The van der Waals surface area contributed by atoms with Crippen molar-refractivity contribution in [1.29, 1.82) is 0 Å². The first kappa shape index (κ1) is 20.4. The van der Waals surface area contributed by atoms with E-state index in [1.54, 1.807) is 42.5 Å². The third-order valence-electron chi connectivity index (χ3n) is 4.23. The fraction of sp³-hybridized carbons (Fsp3) is 0.250. The van der Waals surface area contributed by atoms with Crippen molar-refractivity contribution in [3.05, 3.63) is 64.1 Å². The number of halogens is 1. The molecular formula is C20H20BrN3O3S. The van der Waals surface area contributed by atoms with Crippen molar-refractivity contribution in [2.75, 3.05) is 18.5 Å². The summed E-state index contributed by atoms with van der Waals surface area (Å²) in [7, 11) is 0. The number of ether oxygens (including phenoxy) is 1. The Morgan fingerprint density at radius 2 is 1.89 bits per heavy atom. The zero-order valence-electron chi connectivity index (χ0n) is 15.0. The number of hydrogen-bond donors (Lipinski definition) is 3. The van der Waals surface area contributed by atoms with Gasteiger partial charge in [-0.3, -0.25) is 14.9 Å². The van der Waals surface area contributed by atoms with Crippen LogP contribution in [0.5, 0.6) is 0 Å². The van der Waals surface area contributed by atoms with E-state index in [4.69, 9.17) is 17.0 Å². The van der Waals surface area contributed by atoms with Crippen molar-refractivity contribution >= 4 is 50.8 Å². The summed E-state index contributed by atoms with van der Waals surface area (Å²) in [6, 6.07) is 13.9. The van der Waals surface area contributed by atoms with Gasteiger partial charge < -0.3 is 15.4 Å². The summed E-state index contributed by atoms with van der Waals surface area (Å²) in [5.74, 6) is -0.448. The summed E-state index contributed by atoms with van der Waals surface area (Å²) >= 11 is 8.52. The zero-order valence-corrected chi connectivity index (χ0v) is 17.4. The summed E-state index contributed by atoms with van der Waals surface area (Å²) < 4.78 is 6.31. The van der Waals surface area contributed by atoms with Crippen LogP contribution in [0.1, 0.15) is 33.6 Å². The van der Waals surface area contributed by atoms with Gasteiger partial charge in [-0.15, -0.1) is 0 Å². The predicted molar refractivity (Wildman–Crippen MR) is 116 cm³/mol. The lowest BCUT2D eigenvalue weighted by atomic mass is 10.2. The van der Waals surface area contributed by atoms with Crippen LogP contribution in [-0.4, -0.2) is 36.2 Å². The van der Waals surface area contributed by atoms with E-state index in [0.717, 1.165) is 23.9 Å². The maximum absolute atomic E-state index is 12.2. The number of nitrogens with one attached hydrogen (secondary N) is 3. The Morgan fingerprint density at radius 1 is 1.11 bits per heavy atom. The van der Waals surface area contributed by atoms with Crippen LogP contribution in [-0.2, 0) is 4.74 Å². The lowest BCUT2D eigenvalue weighted by molar-refractivity contribution is 0.0857. The molecule has 2 aromatic rings. The molecule has 1 heterocycles. The summed E-state index contributed by atoms with van der Waals surface area (Å²) in [6.07, 6.45) is 2.13. The number of anilines is 1. The van der Waals surface area contributed by atoms with Gasteiger partial charge in [-0.25, -0.2) is 0 Å². The quantitative estimate of drug-likeness (QED) is 0.593. The fourth-order valence-electron chi connectivity index (χ4n) is 2.79. The van der Waals surface area contributed by atoms with E-state index in [2.05, 4.69) is 31.9 Å². The molecule has 1 saturated heterocycles. The number of hydrogen-bond acceptors (Lipinski definition) is 4. The predicted octanol–water partition coefficient (Wildman–Crippen LogP) is 3.48. The second-order valence-electron chi connectivity index (χ2n) is 6.34. The first-order chi connectivity index (χ1) is 13.5. The number of carbonyl (C=O) groups excluding carboxylic acids is 2. The number of amides is 2. The topological polar surface area (TPSA) is 79.5 Å². The van der Waals surface area contributed by atoms with Crippen molar-refractivity contribution in [2.45, 2.75) is 18.9 Å². The van der Waals surface area contributed by atoms with E-state index >= 15 is 0 Å². The second kappa shape index (κ2) is 9.77. The Labute approximate surface area is 177 Å². The lowest BCUT2D eigenvalue weighted by Gasteiger charge is -2.12. The van der Waals surface area contributed by atoms with Gasteiger partial charge in [0.2, 0.25) is 0 Å². The molecule has 146 valence electrons. The molecule has 0 saturated carbocycles. The molecule has 3 rings (SSSR count). The van der Waals surface area contributed by atoms with E-state index in [0.29, 0.717) is 23.4 Å². The normalized spacial score (nSPS) is 15.7. The van der Waals surface area contributed by atoms with Crippen molar-refractivity contribution in [3.8, 4) is 0 Å². The van der Waals surface area contributed by atoms with Crippen LogP contribution in [0.25, 0.3) is 0 Å². The van der Waals surface area contributed by atoms with E-state index in [1.807, 2.05) is 6.07 Å². The van der Waals surface area contributed by atoms with Crippen LogP contribution < -0.4 is 16.0 Å². The molecule has 6 nitrogen and oxygen atoms in total. The van der Waals surface area contributed by atoms with Gasteiger partial charge in [-0.1, -0.05) is 22.0 Å². The van der Waals surface area contributed by atoms with E-state index in [-0.39, 0.29) is 23.0 Å². The Hall–Kier alpha value is -2.29. The minimum Gasteiger partial charge on any atom is -0.376 e. The highest BCUT2D eigenvalue weighted by Crippen LogP contribution is 2.13. The molecule has 2 amide bonds. The summed E-state index contributed by atoms with van der Waals surface area (Å²) in [6.45, 7) is 1.28. The van der Waals surface area contributed by atoms with Gasteiger partial charge in [-0.05, 0) is 67.5 Å². The average molecular weight is 462 g/mol. The van der Waals surface area contributed by atoms with Gasteiger partial charge in [0, 0.05) is 34.4 Å². The van der Waals surface area contributed by atoms with Crippen molar-refractivity contribution in [1.82, 2.24) is 10.6 Å². The minimum atomic E-state index is -0.302. The number of thiocarbonyl (C=S) groups is 1. The Balaban J connectivity index is 1.49. The maximum Gasteiger partial charge on any atom is 0.257 e. The van der Waals surface area contributed by atoms with E-state index in [1.165, 1.54) is 0 Å². The van der Waals surface area contributed by atoms with Crippen LogP contribution in [0, 0.1) is 0 Å². The Bertz CT molecular complexity index is 867. The molecule has 0 radical (unpaired) electrons. The van der Waals surface area contributed by atoms with E-state index < -0.39 is 0 Å². The molecule has 8 heteroatoms. The van der Waals surface area contributed by atoms with Gasteiger partial charge >= 0.3 is 0 Å². The van der Waals surface area contributed by atoms with Crippen LogP contribution in [0.15, 0.2) is 53.0 Å². The second-order valence-corrected chi connectivity index (χ2v) is 7.66. The first-order valence-corrected chi connectivity index (χ1v) is 10.1. The summed E-state index contributed by atoms with van der Waals surface area (Å²) in [5.41, 5.74) is 1.72. The maximum atomic E-state index is 12.2. The Kier molecular flexibility index (Phi) is 7.13. The highest BCUT2D eigenvalue weighted by atomic mass is 79.9. The molecule has 1 fully saturated rings.